The molecule has 83 heavy (non-hydrogen) atoms. The smallest absolute Gasteiger partial charge is 0.306 e. The third-order valence-corrected chi connectivity index (χ3v) is 16.7. The lowest BCUT2D eigenvalue weighted by Crippen LogP contribution is -2.44. The van der Waals surface area contributed by atoms with E-state index < -0.39 is 24.3 Å². The summed E-state index contributed by atoms with van der Waals surface area (Å²) >= 11 is 0. The first-order valence-electron chi connectivity index (χ1n) is 36.5. The van der Waals surface area contributed by atoms with Crippen molar-refractivity contribution >= 4 is 17.9 Å². The standard InChI is InChI=1S/C74H141NO8/c1-6-8-10-12-14-16-18-20-22-24-26-28-30-32-34-35-36-37-39-41-43-45-47-49-51-53-55-57-59-61-63-65-72(77)83-70(69-82-74(73(78)79)80-67-66-75(3,4)5)68-81-71(76)64-62-60-58-56-54-52-50-48-46-44-42-40-38-33-31-29-27-25-23-21-19-17-15-13-11-9-7-2/h18,20,24,26,70,74H,6-17,19,21-23,25,27-69H2,1-5H3/b20-18-,26-24-. The number of hydrogen-bond acceptors (Lipinski definition) is 8. The number of ether oxygens (including phenoxy) is 4. The maximum absolute atomic E-state index is 12.9. The number of rotatable bonds is 69. The van der Waals surface area contributed by atoms with Crippen LogP contribution < -0.4 is 5.11 Å². The fourth-order valence-corrected chi connectivity index (χ4v) is 11.1. The molecule has 9 nitrogen and oxygen atoms in total. The van der Waals surface area contributed by atoms with Gasteiger partial charge in [-0.1, -0.05) is 340 Å². The molecule has 9 heteroatoms. The molecule has 0 fully saturated rings. The summed E-state index contributed by atoms with van der Waals surface area (Å²) in [6, 6.07) is 0. The topological polar surface area (TPSA) is 111 Å². The average Bonchev–Trinajstić information content (AvgIpc) is 3.46. The second-order valence-electron chi connectivity index (χ2n) is 26.2. The van der Waals surface area contributed by atoms with Gasteiger partial charge in [0.05, 0.1) is 40.3 Å². The largest absolute Gasteiger partial charge is 0.545 e. The maximum atomic E-state index is 12.9. The molecule has 0 amide bonds. The van der Waals surface area contributed by atoms with Crippen LogP contribution in [-0.4, -0.2) is 82.3 Å². The molecular formula is C74H141NO8. The van der Waals surface area contributed by atoms with E-state index in [1.165, 1.54) is 302 Å². The Labute approximate surface area is 516 Å². The van der Waals surface area contributed by atoms with Gasteiger partial charge < -0.3 is 33.3 Å². The lowest BCUT2D eigenvalue weighted by Gasteiger charge is -2.26. The first kappa shape index (κ1) is 80.8. The second-order valence-corrected chi connectivity index (χ2v) is 26.2. The third-order valence-electron chi connectivity index (χ3n) is 16.7. The summed E-state index contributed by atoms with van der Waals surface area (Å²) < 4.78 is 22.8. The molecule has 2 unspecified atom stereocenters. The van der Waals surface area contributed by atoms with Gasteiger partial charge in [-0.15, -0.1) is 0 Å². The molecule has 0 bridgehead atoms. The SMILES string of the molecule is CCCCCCC/C=C\C/C=C\CCCCCCCCCCCCCCCCCCCCCC(=O)OC(COC(=O)CCCCCCCCCCCCCCCCCCCCCCCCCCCCC)COC(OCC[N+](C)(C)C)C(=O)[O-]. The molecule has 0 rings (SSSR count). The molecule has 0 saturated carbocycles. The van der Waals surface area contributed by atoms with Gasteiger partial charge >= 0.3 is 11.9 Å². The summed E-state index contributed by atoms with van der Waals surface area (Å²) in [6.07, 6.45) is 78.5. The van der Waals surface area contributed by atoms with Crippen LogP contribution in [0.5, 0.6) is 0 Å². The summed E-state index contributed by atoms with van der Waals surface area (Å²) in [5, 5.41) is 11.8. The fraction of sp³-hybridized carbons (Fsp3) is 0.905. The molecular weight excluding hydrogens is 1030 g/mol. The van der Waals surface area contributed by atoms with Gasteiger partial charge in [-0.3, -0.25) is 9.59 Å². The summed E-state index contributed by atoms with van der Waals surface area (Å²) in [4.78, 5) is 37.5. The normalized spacial score (nSPS) is 12.7. The van der Waals surface area contributed by atoms with E-state index in [1.807, 2.05) is 21.1 Å². The van der Waals surface area contributed by atoms with Crippen molar-refractivity contribution in [2.75, 3.05) is 47.5 Å². The Balaban J connectivity index is 4.03. The van der Waals surface area contributed by atoms with E-state index in [4.69, 9.17) is 18.9 Å². The number of quaternary nitrogens is 1. The molecule has 0 aliphatic rings. The number of carbonyl (C=O) groups excluding carboxylic acids is 3. The van der Waals surface area contributed by atoms with Crippen molar-refractivity contribution < 1.29 is 42.9 Å². The van der Waals surface area contributed by atoms with E-state index in [2.05, 4.69) is 38.2 Å². The van der Waals surface area contributed by atoms with Crippen LogP contribution in [0, 0.1) is 0 Å². The minimum atomic E-state index is -1.62. The number of unbranched alkanes of at least 4 members (excludes halogenated alkanes) is 50. The summed E-state index contributed by atoms with van der Waals surface area (Å²) in [7, 11) is 5.95. The summed E-state index contributed by atoms with van der Waals surface area (Å²) in [6.45, 7) is 4.82. The molecule has 490 valence electrons. The van der Waals surface area contributed by atoms with Crippen LogP contribution in [0.15, 0.2) is 24.3 Å². The molecule has 0 aliphatic heterocycles. The number of carboxylic acid groups (broad SMARTS) is 1. The first-order chi connectivity index (χ1) is 40.6. The van der Waals surface area contributed by atoms with Gasteiger partial charge in [0.1, 0.15) is 13.2 Å². The number of carboxylic acids is 1. The molecule has 0 aromatic rings. The zero-order valence-corrected chi connectivity index (χ0v) is 56.1. The maximum Gasteiger partial charge on any atom is 0.306 e. The minimum absolute atomic E-state index is 0.152. The number of hydrogen-bond donors (Lipinski definition) is 0. The molecule has 0 N–H and O–H groups in total. The highest BCUT2D eigenvalue weighted by Crippen LogP contribution is 2.19. The number of esters is 2. The predicted molar refractivity (Wildman–Crippen MR) is 353 cm³/mol. The van der Waals surface area contributed by atoms with Gasteiger partial charge in [0.2, 0.25) is 0 Å². The first-order valence-corrected chi connectivity index (χ1v) is 36.5. The molecule has 0 saturated heterocycles. The number of aliphatic carboxylic acids is 1. The van der Waals surface area contributed by atoms with Gasteiger partial charge in [-0.25, -0.2) is 0 Å². The minimum Gasteiger partial charge on any atom is -0.545 e. The van der Waals surface area contributed by atoms with Crippen LogP contribution in [0.4, 0.5) is 0 Å². The van der Waals surface area contributed by atoms with Crippen molar-refractivity contribution in [3.05, 3.63) is 24.3 Å². The fourth-order valence-electron chi connectivity index (χ4n) is 11.1. The van der Waals surface area contributed by atoms with E-state index in [-0.39, 0.29) is 32.2 Å². The van der Waals surface area contributed by atoms with Crippen LogP contribution >= 0.6 is 0 Å². The highest BCUT2D eigenvalue weighted by molar-refractivity contribution is 5.70. The lowest BCUT2D eigenvalue weighted by molar-refractivity contribution is -0.870. The van der Waals surface area contributed by atoms with E-state index in [0.29, 0.717) is 17.4 Å². The summed E-state index contributed by atoms with van der Waals surface area (Å²) in [5.41, 5.74) is 0. The number of carbonyl (C=O) groups is 3. The van der Waals surface area contributed by atoms with E-state index in [0.717, 1.165) is 44.9 Å². The van der Waals surface area contributed by atoms with Gasteiger partial charge in [0, 0.05) is 12.8 Å². The Morgan fingerprint density at radius 1 is 0.361 bits per heavy atom. The second kappa shape index (κ2) is 65.7. The van der Waals surface area contributed by atoms with Gasteiger partial charge in [-0.05, 0) is 44.9 Å². The molecule has 0 heterocycles. The zero-order valence-electron chi connectivity index (χ0n) is 56.1. The molecule has 2 atom stereocenters. The van der Waals surface area contributed by atoms with E-state index in [1.54, 1.807) is 0 Å². The van der Waals surface area contributed by atoms with Crippen molar-refractivity contribution in [1.29, 1.82) is 0 Å². The Morgan fingerprint density at radius 2 is 0.651 bits per heavy atom. The molecule has 0 spiro atoms. The molecule has 0 radical (unpaired) electrons. The van der Waals surface area contributed by atoms with Crippen molar-refractivity contribution in [2.24, 2.45) is 0 Å². The predicted octanol–water partition coefficient (Wildman–Crippen LogP) is 21.3. The van der Waals surface area contributed by atoms with Crippen molar-refractivity contribution in [2.45, 2.75) is 386 Å². The Morgan fingerprint density at radius 3 is 0.952 bits per heavy atom. The van der Waals surface area contributed by atoms with Gasteiger partial charge in [0.25, 0.3) is 0 Å². The van der Waals surface area contributed by atoms with Crippen molar-refractivity contribution in [1.82, 2.24) is 0 Å². The zero-order chi connectivity index (χ0) is 60.5. The van der Waals surface area contributed by atoms with Crippen LogP contribution in [0.1, 0.15) is 373 Å². The van der Waals surface area contributed by atoms with Gasteiger partial charge in [0.15, 0.2) is 12.4 Å². The van der Waals surface area contributed by atoms with Crippen molar-refractivity contribution in [3.63, 3.8) is 0 Å². The highest BCUT2D eigenvalue weighted by atomic mass is 16.7. The van der Waals surface area contributed by atoms with Gasteiger partial charge in [-0.2, -0.15) is 0 Å². The van der Waals surface area contributed by atoms with Crippen LogP contribution in [0.25, 0.3) is 0 Å². The van der Waals surface area contributed by atoms with Crippen LogP contribution in [0.2, 0.25) is 0 Å². The highest BCUT2D eigenvalue weighted by Gasteiger charge is 2.22. The molecule has 0 aliphatic carbocycles. The number of likely N-dealkylation sites (N-methyl/N-ethyl adjacent to an activating group) is 1. The number of nitrogens with zero attached hydrogens (tertiary/aromatic N) is 1. The number of allylic oxidation sites excluding steroid dienone is 4. The monoisotopic (exact) mass is 1170 g/mol. The summed E-state index contributed by atoms with van der Waals surface area (Å²) in [5.74, 6) is -2.25. The Hall–Kier alpha value is -2.23. The van der Waals surface area contributed by atoms with E-state index >= 15 is 0 Å². The van der Waals surface area contributed by atoms with Crippen LogP contribution in [-0.2, 0) is 33.3 Å². The Bertz CT molecular complexity index is 1410. The average molecular weight is 1170 g/mol. The molecule has 0 aromatic carbocycles. The van der Waals surface area contributed by atoms with E-state index in [9.17, 15) is 19.5 Å². The third kappa shape index (κ3) is 67.1. The van der Waals surface area contributed by atoms with Crippen LogP contribution in [0.3, 0.4) is 0 Å². The Kier molecular flexibility index (Phi) is 64.0. The molecule has 0 aromatic heterocycles. The lowest BCUT2D eigenvalue weighted by atomic mass is 10.0. The quantitative estimate of drug-likeness (QED) is 0.0195. The van der Waals surface area contributed by atoms with Crippen molar-refractivity contribution in [3.8, 4) is 0 Å².